The molecule has 0 aliphatic rings. The van der Waals surface area contributed by atoms with Gasteiger partial charge in [0.25, 0.3) is 0 Å². The highest BCUT2D eigenvalue weighted by atomic mass is 32.2. The largest absolute Gasteiger partial charge is 0.330 e. The average Bonchev–Trinajstić information content (AvgIpc) is 2.21. The smallest absolute Gasteiger partial charge is 0.127 e. The standard InChI is InChI=1S/C10H11FN2S/c11-10-2-1-8(6-13)5-9(10)7-14-4-3-12/h1-2,5H,3-4,7,12H2. The predicted molar refractivity (Wildman–Crippen MR) is 56.3 cm³/mol. The van der Waals surface area contributed by atoms with Gasteiger partial charge in [-0.25, -0.2) is 4.39 Å². The van der Waals surface area contributed by atoms with Gasteiger partial charge in [-0.05, 0) is 23.8 Å². The number of hydrogen-bond acceptors (Lipinski definition) is 3. The van der Waals surface area contributed by atoms with Crippen LogP contribution in [0.25, 0.3) is 0 Å². The Kier molecular flexibility index (Phi) is 4.44. The van der Waals surface area contributed by atoms with Gasteiger partial charge in [-0.15, -0.1) is 0 Å². The molecule has 0 radical (unpaired) electrons. The zero-order valence-corrected chi connectivity index (χ0v) is 8.48. The fraction of sp³-hybridized carbons (Fsp3) is 0.300. The van der Waals surface area contributed by atoms with Crippen molar-refractivity contribution >= 4 is 11.8 Å². The molecule has 4 heteroatoms. The first-order chi connectivity index (χ1) is 6.77. The molecule has 2 nitrogen and oxygen atoms in total. The first kappa shape index (κ1) is 11.0. The fourth-order valence-corrected chi connectivity index (χ4v) is 1.77. The lowest BCUT2D eigenvalue weighted by molar-refractivity contribution is 0.617. The predicted octanol–water partition coefficient (Wildman–Crippen LogP) is 1.89. The third kappa shape index (κ3) is 3.02. The zero-order valence-electron chi connectivity index (χ0n) is 7.66. The van der Waals surface area contributed by atoms with Crippen LogP contribution in [0.3, 0.4) is 0 Å². The van der Waals surface area contributed by atoms with Crippen LogP contribution in [0, 0.1) is 17.1 Å². The molecular weight excluding hydrogens is 199 g/mol. The minimum absolute atomic E-state index is 0.256. The van der Waals surface area contributed by atoms with E-state index in [1.54, 1.807) is 17.8 Å². The van der Waals surface area contributed by atoms with E-state index in [1.807, 2.05) is 6.07 Å². The molecule has 0 fully saturated rings. The van der Waals surface area contributed by atoms with E-state index in [2.05, 4.69) is 0 Å². The van der Waals surface area contributed by atoms with Gasteiger partial charge in [-0.1, -0.05) is 0 Å². The minimum atomic E-state index is -0.256. The van der Waals surface area contributed by atoms with Gasteiger partial charge >= 0.3 is 0 Å². The molecule has 0 heterocycles. The van der Waals surface area contributed by atoms with Crippen LogP contribution >= 0.6 is 11.8 Å². The van der Waals surface area contributed by atoms with Crippen LogP contribution in [0.4, 0.5) is 4.39 Å². The summed E-state index contributed by atoms with van der Waals surface area (Å²) < 4.78 is 13.2. The van der Waals surface area contributed by atoms with Gasteiger partial charge in [0.2, 0.25) is 0 Å². The molecule has 0 aromatic heterocycles. The molecular formula is C10H11FN2S. The average molecular weight is 210 g/mol. The van der Waals surface area contributed by atoms with E-state index in [0.29, 0.717) is 23.4 Å². The van der Waals surface area contributed by atoms with Crippen LogP contribution in [0.1, 0.15) is 11.1 Å². The SMILES string of the molecule is N#Cc1ccc(F)c(CSCCN)c1. The third-order valence-corrected chi connectivity index (χ3v) is 2.73. The molecule has 74 valence electrons. The van der Waals surface area contributed by atoms with Gasteiger partial charge in [0, 0.05) is 18.1 Å². The van der Waals surface area contributed by atoms with Crippen molar-refractivity contribution in [1.29, 1.82) is 5.26 Å². The van der Waals surface area contributed by atoms with Crippen molar-refractivity contribution in [3.8, 4) is 6.07 Å². The van der Waals surface area contributed by atoms with E-state index < -0.39 is 0 Å². The van der Waals surface area contributed by atoms with Crippen LogP contribution < -0.4 is 5.73 Å². The maximum atomic E-state index is 13.2. The highest BCUT2D eigenvalue weighted by Gasteiger charge is 2.03. The number of nitriles is 1. The monoisotopic (exact) mass is 210 g/mol. The Morgan fingerprint density at radius 1 is 1.50 bits per heavy atom. The summed E-state index contributed by atoms with van der Waals surface area (Å²) >= 11 is 1.57. The number of benzene rings is 1. The molecule has 2 N–H and O–H groups in total. The van der Waals surface area contributed by atoms with Gasteiger partial charge < -0.3 is 5.73 Å². The summed E-state index contributed by atoms with van der Waals surface area (Å²) in [5.74, 6) is 1.11. The van der Waals surface area contributed by atoms with Crippen LogP contribution in [-0.4, -0.2) is 12.3 Å². The molecule has 0 aliphatic heterocycles. The summed E-state index contributed by atoms with van der Waals surface area (Å²) in [6, 6.07) is 6.38. The molecule has 0 spiro atoms. The van der Waals surface area contributed by atoms with Crippen molar-refractivity contribution in [1.82, 2.24) is 0 Å². The molecule has 0 unspecified atom stereocenters. The van der Waals surface area contributed by atoms with Crippen molar-refractivity contribution in [2.24, 2.45) is 5.73 Å². The van der Waals surface area contributed by atoms with Gasteiger partial charge in [0.15, 0.2) is 0 Å². The van der Waals surface area contributed by atoms with E-state index in [-0.39, 0.29) is 5.82 Å². The van der Waals surface area contributed by atoms with Gasteiger partial charge in [-0.3, -0.25) is 0 Å². The van der Waals surface area contributed by atoms with Crippen LogP contribution in [0.5, 0.6) is 0 Å². The molecule has 0 saturated heterocycles. The molecule has 1 aromatic rings. The minimum Gasteiger partial charge on any atom is -0.330 e. The Hall–Kier alpha value is -1.05. The number of thioether (sulfide) groups is 1. The molecule has 0 amide bonds. The Morgan fingerprint density at radius 3 is 2.93 bits per heavy atom. The molecule has 0 atom stereocenters. The van der Waals surface area contributed by atoms with Crippen molar-refractivity contribution in [3.05, 3.63) is 35.1 Å². The van der Waals surface area contributed by atoms with Crippen LogP contribution in [-0.2, 0) is 5.75 Å². The highest BCUT2D eigenvalue weighted by Crippen LogP contribution is 2.16. The Bertz CT molecular complexity index is 346. The first-order valence-electron chi connectivity index (χ1n) is 4.24. The molecule has 0 bridgehead atoms. The van der Waals surface area contributed by atoms with Gasteiger partial charge in [-0.2, -0.15) is 17.0 Å². The lowest BCUT2D eigenvalue weighted by Crippen LogP contribution is -2.01. The second kappa shape index (κ2) is 5.63. The van der Waals surface area contributed by atoms with Crippen molar-refractivity contribution < 1.29 is 4.39 Å². The Morgan fingerprint density at radius 2 is 2.29 bits per heavy atom. The summed E-state index contributed by atoms with van der Waals surface area (Å²) in [5.41, 5.74) is 6.39. The van der Waals surface area contributed by atoms with Gasteiger partial charge in [0.05, 0.1) is 11.6 Å². The number of rotatable bonds is 4. The Balaban J connectivity index is 2.70. The van der Waals surface area contributed by atoms with Crippen molar-refractivity contribution in [2.45, 2.75) is 5.75 Å². The lowest BCUT2D eigenvalue weighted by Gasteiger charge is -2.02. The maximum absolute atomic E-state index is 13.2. The van der Waals surface area contributed by atoms with Crippen molar-refractivity contribution in [2.75, 3.05) is 12.3 Å². The summed E-state index contributed by atoms with van der Waals surface area (Å²) in [4.78, 5) is 0. The van der Waals surface area contributed by atoms with Crippen LogP contribution in [0.15, 0.2) is 18.2 Å². The topological polar surface area (TPSA) is 49.8 Å². The normalized spacial score (nSPS) is 9.79. The summed E-state index contributed by atoms with van der Waals surface area (Å²) in [7, 11) is 0. The summed E-state index contributed by atoms with van der Waals surface area (Å²) in [5, 5.41) is 8.63. The van der Waals surface area contributed by atoms with E-state index in [4.69, 9.17) is 11.0 Å². The number of halogens is 1. The summed E-state index contributed by atoms with van der Waals surface area (Å²) in [6.45, 7) is 0.588. The van der Waals surface area contributed by atoms with E-state index in [0.717, 1.165) is 5.75 Å². The third-order valence-electron chi connectivity index (χ3n) is 1.69. The molecule has 0 saturated carbocycles. The van der Waals surface area contributed by atoms with Crippen molar-refractivity contribution in [3.63, 3.8) is 0 Å². The van der Waals surface area contributed by atoms with Gasteiger partial charge in [0.1, 0.15) is 5.82 Å². The fourth-order valence-electron chi connectivity index (χ4n) is 1.02. The maximum Gasteiger partial charge on any atom is 0.127 e. The number of nitrogens with zero attached hydrogens (tertiary/aromatic N) is 1. The highest BCUT2D eigenvalue weighted by molar-refractivity contribution is 7.98. The quantitative estimate of drug-likeness (QED) is 0.772. The number of hydrogen-bond donors (Lipinski definition) is 1. The van der Waals surface area contributed by atoms with E-state index in [1.165, 1.54) is 12.1 Å². The second-order valence-electron chi connectivity index (χ2n) is 2.76. The lowest BCUT2D eigenvalue weighted by atomic mass is 10.1. The van der Waals surface area contributed by atoms with E-state index in [9.17, 15) is 4.39 Å². The molecule has 1 rings (SSSR count). The molecule has 0 aliphatic carbocycles. The van der Waals surface area contributed by atoms with E-state index >= 15 is 0 Å². The van der Waals surface area contributed by atoms with Crippen LogP contribution in [0.2, 0.25) is 0 Å². The Labute approximate surface area is 86.9 Å². The molecule has 1 aromatic carbocycles. The molecule has 14 heavy (non-hydrogen) atoms. The zero-order chi connectivity index (χ0) is 10.4. The number of nitrogens with two attached hydrogens (primary N) is 1. The summed E-state index contributed by atoms with van der Waals surface area (Å²) in [6.07, 6.45) is 0. The first-order valence-corrected chi connectivity index (χ1v) is 5.39. The second-order valence-corrected chi connectivity index (χ2v) is 3.86.